The van der Waals surface area contributed by atoms with Crippen molar-refractivity contribution >= 4 is 44.4 Å². The minimum atomic E-state index is -0.167. The van der Waals surface area contributed by atoms with E-state index in [1.165, 1.54) is 25.2 Å². The number of hydrogen-bond acceptors (Lipinski definition) is 6. The van der Waals surface area contributed by atoms with Gasteiger partial charge in [-0.05, 0) is 24.3 Å². The minimum Gasteiger partial charge on any atom is -0.311 e. The van der Waals surface area contributed by atoms with E-state index in [2.05, 4.69) is 25.6 Å². The van der Waals surface area contributed by atoms with Crippen molar-refractivity contribution in [3.05, 3.63) is 30.5 Å². The standard InChI is InChI=1S/C15H13N5O2S/c1-8(21)17-13-6-3-10(7-16-13)11-4-5-12-14(19-11)23-15(20-12)18-9(2)22/h3-7H,1-2H3,(H,16,17,21)(H,18,20,22). The van der Waals surface area contributed by atoms with Gasteiger partial charge in [-0.15, -0.1) is 0 Å². The second kappa shape index (κ2) is 6.09. The zero-order valence-corrected chi connectivity index (χ0v) is 13.3. The molecule has 0 aromatic carbocycles. The molecule has 0 aliphatic rings. The highest BCUT2D eigenvalue weighted by atomic mass is 32.1. The highest BCUT2D eigenvalue weighted by Gasteiger charge is 2.09. The van der Waals surface area contributed by atoms with Gasteiger partial charge in [0.05, 0.1) is 5.69 Å². The van der Waals surface area contributed by atoms with E-state index >= 15 is 0 Å². The highest BCUT2D eigenvalue weighted by Crippen LogP contribution is 2.27. The molecule has 8 heteroatoms. The van der Waals surface area contributed by atoms with Crippen LogP contribution in [-0.2, 0) is 9.59 Å². The molecule has 0 atom stereocenters. The Morgan fingerprint density at radius 1 is 1.00 bits per heavy atom. The Labute approximate surface area is 135 Å². The number of pyridine rings is 2. The van der Waals surface area contributed by atoms with E-state index in [-0.39, 0.29) is 11.8 Å². The van der Waals surface area contributed by atoms with Crippen molar-refractivity contribution < 1.29 is 9.59 Å². The average molecular weight is 327 g/mol. The molecule has 0 fully saturated rings. The van der Waals surface area contributed by atoms with Crippen LogP contribution < -0.4 is 10.6 Å². The number of rotatable bonds is 3. The Balaban J connectivity index is 1.90. The maximum Gasteiger partial charge on any atom is 0.223 e. The number of anilines is 2. The van der Waals surface area contributed by atoms with E-state index in [1.807, 2.05) is 18.2 Å². The number of nitrogens with one attached hydrogen (secondary N) is 2. The molecule has 3 rings (SSSR count). The number of carbonyl (C=O) groups excluding carboxylic acids is 2. The topological polar surface area (TPSA) is 96.9 Å². The van der Waals surface area contributed by atoms with Crippen molar-refractivity contribution in [2.24, 2.45) is 0 Å². The molecule has 0 bridgehead atoms. The molecular weight excluding hydrogens is 314 g/mol. The lowest BCUT2D eigenvalue weighted by Crippen LogP contribution is -2.06. The smallest absolute Gasteiger partial charge is 0.223 e. The monoisotopic (exact) mass is 327 g/mol. The summed E-state index contributed by atoms with van der Waals surface area (Å²) in [5.74, 6) is 0.162. The number of hydrogen-bond donors (Lipinski definition) is 2. The average Bonchev–Trinajstić information content (AvgIpc) is 2.87. The number of fused-ring (bicyclic) bond motifs is 1. The Bertz CT molecular complexity index is 889. The SMILES string of the molecule is CC(=O)Nc1ccc(-c2ccc3nc(NC(C)=O)sc3n2)cn1. The molecule has 0 unspecified atom stereocenters. The molecule has 0 spiro atoms. The molecule has 23 heavy (non-hydrogen) atoms. The van der Waals surface area contributed by atoms with Gasteiger partial charge in [-0.1, -0.05) is 11.3 Å². The van der Waals surface area contributed by atoms with E-state index in [4.69, 9.17) is 0 Å². The largest absolute Gasteiger partial charge is 0.311 e. The van der Waals surface area contributed by atoms with Crippen molar-refractivity contribution in [3.63, 3.8) is 0 Å². The lowest BCUT2D eigenvalue weighted by Gasteiger charge is -2.03. The summed E-state index contributed by atoms with van der Waals surface area (Å²) in [4.78, 5) is 35.8. The van der Waals surface area contributed by atoms with E-state index in [0.29, 0.717) is 10.9 Å². The van der Waals surface area contributed by atoms with Gasteiger partial charge in [-0.25, -0.2) is 15.0 Å². The zero-order valence-electron chi connectivity index (χ0n) is 12.5. The van der Waals surface area contributed by atoms with Crippen LogP contribution >= 0.6 is 11.3 Å². The summed E-state index contributed by atoms with van der Waals surface area (Å²) in [5.41, 5.74) is 2.30. The molecule has 2 N–H and O–H groups in total. The van der Waals surface area contributed by atoms with Crippen molar-refractivity contribution in [3.8, 4) is 11.3 Å². The van der Waals surface area contributed by atoms with Crippen LogP contribution in [-0.4, -0.2) is 26.8 Å². The molecule has 0 saturated carbocycles. The number of carbonyl (C=O) groups is 2. The van der Waals surface area contributed by atoms with Gasteiger partial charge in [-0.3, -0.25) is 9.59 Å². The first-order chi connectivity index (χ1) is 11.0. The van der Waals surface area contributed by atoms with E-state index in [0.717, 1.165) is 21.6 Å². The molecule has 0 radical (unpaired) electrons. The molecule has 7 nitrogen and oxygen atoms in total. The second-order valence-corrected chi connectivity index (χ2v) is 5.81. The fourth-order valence-corrected chi connectivity index (χ4v) is 2.87. The summed E-state index contributed by atoms with van der Waals surface area (Å²) in [6.45, 7) is 2.87. The Hall–Kier alpha value is -2.87. The Morgan fingerprint density at radius 3 is 2.43 bits per heavy atom. The fourth-order valence-electron chi connectivity index (χ4n) is 1.98. The number of nitrogens with zero attached hydrogens (tertiary/aromatic N) is 3. The first kappa shape index (κ1) is 15.0. The predicted octanol–water partition coefficient (Wildman–Crippen LogP) is 2.67. The third-order valence-corrected chi connectivity index (χ3v) is 3.78. The van der Waals surface area contributed by atoms with Crippen LogP contribution in [0.4, 0.5) is 10.9 Å². The maximum atomic E-state index is 11.1. The summed E-state index contributed by atoms with van der Waals surface area (Å²) in [6, 6.07) is 7.25. The summed E-state index contributed by atoms with van der Waals surface area (Å²) in [6.07, 6.45) is 1.65. The molecule has 0 saturated heterocycles. The van der Waals surface area contributed by atoms with Crippen LogP contribution in [0.1, 0.15) is 13.8 Å². The van der Waals surface area contributed by atoms with Gasteiger partial charge in [0.2, 0.25) is 11.8 Å². The Kier molecular flexibility index (Phi) is 3.98. The van der Waals surface area contributed by atoms with E-state index < -0.39 is 0 Å². The van der Waals surface area contributed by atoms with Crippen LogP contribution in [0.2, 0.25) is 0 Å². The van der Waals surface area contributed by atoms with Gasteiger partial charge in [0.25, 0.3) is 0 Å². The van der Waals surface area contributed by atoms with Gasteiger partial charge in [0.15, 0.2) is 5.13 Å². The summed E-state index contributed by atoms with van der Waals surface area (Å²) in [5, 5.41) is 5.80. The lowest BCUT2D eigenvalue weighted by atomic mass is 10.2. The van der Waals surface area contributed by atoms with Gasteiger partial charge in [-0.2, -0.15) is 0 Å². The van der Waals surface area contributed by atoms with Crippen molar-refractivity contribution in [2.45, 2.75) is 13.8 Å². The third kappa shape index (κ3) is 3.49. The first-order valence-corrected chi connectivity index (χ1v) is 7.62. The molecule has 2 amide bonds. The van der Waals surface area contributed by atoms with Gasteiger partial charge < -0.3 is 10.6 Å². The van der Waals surface area contributed by atoms with Crippen LogP contribution in [0.3, 0.4) is 0 Å². The molecular formula is C15H13N5O2S. The van der Waals surface area contributed by atoms with Crippen molar-refractivity contribution in [2.75, 3.05) is 10.6 Å². The molecule has 0 aliphatic carbocycles. The number of amides is 2. The van der Waals surface area contributed by atoms with Crippen molar-refractivity contribution in [1.82, 2.24) is 15.0 Å². The van der Waals surface area contributed by atoms with E-state index in [9.17, 15) is 9.59 Å². The van der Waals surface area contributed by atoms with E-state index in [1.54, 1.807) is 12.3 Å². The minimum absolute atomic E-state index is 0.165. The summed E-state index contributed by atoms with van der Waals surface area (Å²) in [7, 11) is 0. The second-order valence-electron chi connectivity index (χ2n) is 4.83. The maximum absolute atomic E-state index is 11.1. The van der Waals surface area contributed by atoms with Crippen LogP contribution in [0.5, 0.6) is 0 Å². The lowest BCUT2D eigenvalue weighted by molar-refractivity contribution is -0.115. The first-order valence-electron chi connectivity index (χ1n) is 6.80. The van der Waals surface area contributed by atoms with Crippen LogP contribution in [0, 0.1) is 0 Å². The molecule has 0 aliphatic heterocycles. The number of thiazole rings is 1. The highest BCUT2D eigenvalue weighted by molar-refractivity contribution is 7.21. The van der Waals surface area contributed by atoms with Crippen LogP contribution in [0.15, 0.2) is 30.5 Å². The van der Waals surface area contributed by atoms with Crippen molar-refractivity contribution in [1.29, 1.82) is 0 Å². The Morgan fingerprint density at radius 2 is 1.78 bits per heavy atom. The third-order valence-electron chi connectivity index (χ3n) is 2.90. The fraction of sp³-hybridized carbons (Fsp3) is 0.133. The van der Waals surface area contributed by atoms with Gasteiger partial charge in [0.1, 0.15) is 16.2 Å². The quantitative estimate of drug-likeness (QED) is 0.771. The predicted molar refractivity (Wildman–Crippen MR) is 89.3 cm³/mol. The zero-order chi connectivity index (χ0) is 16.4. The molecule has 3 heterocycles. The van der Waals surface area contributed by atoms with Gasteiger partial charge in [0, 0.05) is 25.6 Å². The molecule has 3 aromatic heterocycles. The molecule has 3 aromatic rings. The number of aromatic nitrogens is 3. The summed E-state index contributed by atoms with van der Waals surface area (Å²) >= 11 is 1.31. The molecule has 116 valence electrons. The van der Waals surface area contributed by atoms with Gasteiger partial charge >= 0.3 is 0 Å². The summed E-state index contributed by atoms with van der Waals surface area (Å²) < 4.78 is 0. The van der Waals surface area contributed by atoms with Crippen LogP contribution in [0.25, 0.3) is 21.6 Å². The normalized spacial score (nSPS) is 10.5.